The van der Waals surface area contributed by atoms with E-state index >= 15 is 0 Å². The molecule has 0 aliphatic heterocycles. The Morgan fingerprint density at radius 2 is 1.42 bits per heavy atom. The first-order chi connectivity index (χ1) is 18.2. The monoisotopic (exact) mass is 544 g/mol. The lowest BCUT2D eigenvalue weighted by Crippen LogP contribution is -2.39. The molecular formula is C31H49N2O4P. The Hall–Kier alpha value is -1.98. The highest BCUT2D eigenvalue weighted by molar-refractivity contribution is 7.62. The van der Waals surface area contributed by atoms with Crippen LogP contribution in [0.15, 0.2) is 54.6 Å². The van der Waals surface area contributed by atoms with Gasteiger partial charge >= 0.3 is 5.97 Å². The quantitative estimate of drug-likeness (QED) is 0.0930. The summed E-state index contributed by atoms with van der Waals surface area (Å²) in [6.07, 6.45) is 13.9. The van der Waals surface area contributed by atoms with E-state index in [1.807, 2.05) is 24.3 Å². The summed E-state index contributed by atoms with van der Waals surface area (Å²) in [7, 11) is 0.682. The lowest BCUT2D eigenvalue weighted by atomic mass is 10.1. The number of rotatable bonds is 20. The fourth-order valence-corrected chi connectivity index (χ4v) is 5.81. The molecule has 0 fully saturated rings. The van der Waals surface area contributed by atoms with Crippen molar-refractivity contribution in [3.63, 3.8) is 0 Å². The molecule has 0 bridgehead atoms. The van der Waals surface area contributed by atoms with Gasteiger partial charge in [0.05, 0.1) is 32.8 Å². The number of nitrogens with zero attached hydrogens (tertiary/aromatic N) is 1. The summed E-state index contributed by atoms with van der Waals surface area (Å²) in [5, 5.41) is 2.81. The minimum atomic E-state index is -3.85. The summed E-state index contributed by atoms with van der Waals surface area (Å²) in [6.45, 7) is 4.71. The first kappa shape index (κ1) is 32.2. The van der Waals surface area contributed by atoms with E-state index in [9.17, 15) is 14.3 Å². The van der Waals surface area contributed by atoms with Gasteiger partial charge in [-0.15, -0.1) is 0 Å². The molecule has 0 aromatic heterocycles. The molecule has 0 saturated heterocycles. The molecule has 1 atom stereocenters. The third kappa shape index (κ3) is 13.2. The minimum absolute atomic E-state index is 0.158. The van der Waals surface area contributed by atoms with Crippen molar-refractivity contribution in [3.8, 4) is 0 Å². The zero-order chi connectivity index (χ0) is 27.7. The van der Waals surface area contributed by atoms with E-state index in [-0.39, 0.29) is 24.4 Å². The van der Waals surface area contributed by atoms with E-state index in [4.69, 9.17) is 4.74 Å². The van der Waals surface area contributed by atoms with Gasteiger partial charge in [0.2, 0.25) is 0 Å². The SMILES string of the molecule is CCCCCCCCCCCC[N+](C)(C)Cc1ccc(C(=O)OCCCNP(=O)([O-])c2ccccc2)cc1. The maximum atomic E-state index is 12.4. The average Bonchev–Trinajstić information content (AvgIpc) is 2.90. The molecule has 0 amide bonds. The van der Waals surface area contributed by atoms with Crippen LogP contribution in [-0.4, -0.2) is 44.2 Å². The lowest BCUT2D eigenvalue weighted by Gasteiger charge is -2.30. The van der Waals surface area contributed by atoms with Gasteiger partial charge in [0, 0.05) is 17.4 Å². The number of carbonyl (C=O) groups is 1. The first-order valence-electron chi connectivity index (χ1n) is 14.4. The van der Waals surface area contributed by atoms with E-state index in [0.29, 0.717) is 12.0 Å². The van der Waals surface area contributed by atoms with Gasteiger partial charge in [-0.1, -0.05) is 101 Å². The zero-order valence-electron chi connectivity index (χ0n) is 23.8. The Bertz CT molecular complexity index is 964. The second-order valence-electron chi connectivity index (χ2n) is 11.0. The van der Waals surface area contributed by atoms with Crippen LogP contribution in [0.4, 0.5) is 0 Å². The van der Waals surface area contributed by atoms with Gasteiger partial charge in [0.15, 0.2) is 0 Å². The predicted molar refractivity (Wildman–Crippen MR) is 156 cm³/mol. The number of benzene rings is 2. The number of hydrogen-bond donors (Lipinski definition) is 1. The van der Waals surface area contributed by atoms with Crippen molar-refractivity contribution < 1.29 is 23.5 Å². The zero-order valence-corrected chi connectivity index (χ0v) is 24.7. The molecule has 2 aromatic carbocycles. The highest BCUT2D eigenvalue weighted by Crippen LogP contribution is 2.28. The van der Waals surface area contributed by atoms with Gasteiger partial charge < -0.3 is 18.7 Å². The molecule has 0 spiro atoms. The third-order valence-electron chi connectivity index (χ3n) is 6.89. The molecule has 1 N–H and O–H groups in total. The van der Waals surface area contributed by atoms with Gasteiger partial charge in [-0.05, 0) is 31.4 Å². The fraction of sp³-hybridized carbons (Fsp3) is 0.581. The largest absolute Gasteiger partial charge is 0.784 e. The van der Waals surface area contributed by atoms with E-state index in [1.54, 1.807) is 30.3 Å². The third-order valence-corrected chi connectivity index (χ3v) is 8.51. The van der Waals surface area contributed by atoms with Crippen LogP contribution < -0.4 is 15.3 Å². The van der Waals surface area contributed by atoms with Gasteiger partial charge in [-0.25, -0.2) is 4.79 Å². The van der Waals surface area contributed by atoms with Crippen LogP contribution in [0.3, 0.4) is 0 Å². The van der Waals surface area contributed by atoms with Crippen LogP contribution >= 0.6 is 7.52 Å². The summed E-state index contributed by atoms with van der Waals surface area (Å²) in [6, 6.07) is 15.9. The van der Waals surface area contributed by atoms with Crippen LogP contribution in [0.2, 0.25) is 0 Å². The molecule has 212 valence electrons. The van der Waals surface area contributed by atoms with Gasteiger partial charge in [-0.3, -0.25) is 5.09 Å². The Labute approximate surface area is 230 Å². The molecular weight excluding hydrogens is 495 g/mol. The maximum Gasteiger partial charge on any atom is 0.338 e. The van der Waals surface area contributed by atoms with Crippen LogP contribution in [0.5, 0.6) is 0 Å². The van der Waals surface area contributed by atoms with Crippen LogP contribution in [0.1, 0.15) is 93.5 Å². The number of nitrogens with one attached hydrogen (secondary N) is 1. The number of esters is 1. The summed E-state index contributed by atoms with van der Waals surface area (Å²) >= 11 is 0. The Morgan fingerprint density at radius 3 is 2.03 bits per heavy atom. The number of ether oxygens (including phenoxy) is 1. The van der Waals surface area contributed by atoms with Crippen LogP contribution in [0.25, 0.3) is 0 Å². The van der Waals surface area contributed by atoms with E-state index in [2.05, 4.69) is 26.1 Å². The highest BCUT2D eigenvalue weighted by Gasteiger charge is 2.16. The predicted octanol–water partition coefficient (Wildman–Crippen LogP) is 6.20. The van der Waals surface area contributed by atoms with Crippen LogP contribution in [-0.2, 0) is 15.8 Å². The number of quaternary nitrogens is 1. The number of hydrogen-bond acceptors (Lipinski definition) is 4. The number of carbonyl (C=O) groups excluding carboxylic acids is 1. The van der Waals surface area contributed by atoms with Crippen molar-refractivity contribution in [2.45, 2.75) is 84.1 Å². The van der Waals surface area contributed by atoms with Crippen molar-refractivity contribution in [2.24, 2.45) is 0 Å². The van der Waals surface area contributed by atoms with Crippen molar-refractivity contribution in [2.75, 3.05) is 33.8 Å². The molecule has 6 nitrogen and oxygen atoms in total. The van der Waals surface area contributed by atoms with Gasteiger partial charge in [0.25, 0.3) is 0 Å². The second-order valence-corrected chi connectivity index (χ2v) is 12.9. The summed E-state index contributed by atoms with van der Waals surface area (Å²) < 4.78 is 18.5. The molecule has 7 heteroatoms. The van der Waals surface area contributed by atoms with Crippen molar-refractivity contribution in [1.82, 2.24) is 5.09 Å². The molecule has 2 rings (SSSR count). The Morgan fingerprint density at radius 1 is 0.842 bits per heavy atom. The van der Waals surface area contributed by atoms with Crippen molar-refractivity contribution in [1.29, 1.82) is 0 Å². The van der Waals surface area contributed by atoms with Gasteiger partial charge in [0.1, 0.15) is 14.1 Å². The molecule has 0 aliphatic carbocycles. The molecule has 0 saturated carbocycles. The summed E-state index contributed by atoms with van der Waals surface area (Å²) in [4.78, 5) is 24.6. The highest BCUT2D eigenvalue weighted by atomic mass is 31.2. The molecule has 38 heavy (non-hydrogen) atoms. The molecule has 0 heterocycles. The summed E-state index contributed by atoms with van der Waals surface area (Å²) in [5.74, 6) is -0.385. The van der Waals surface area contributed by atoms with E-state index < -0.39 is 7.52 Å². The summed E-state index contributed by atoms with van der Waals surface area (Å²) in [5.41, 5.74) is 1.72. The molecule has 1 unspecified atom stereocenters. The Balaban J connectivity index is 1.61. The smallest absolute Gasteiger partial charge is 0.338 e. The standard InChI is InChI=1S/C31H49N2O4P/c1-4-5-6-7-8-9-10-11-12-16-25-33(2,3)27-28-20-22-29(23-21-28)31(34)37-26-17-24-32-38(35,36)30-18-14-13-15-19-30/h13-15,18-23H,4-12,16-17,24-27H2,1-3H3,(H-,32,35,36). The van der Waals surface area contributed by atoms with Crippen molar-refractivity contribution in [3.05, 3.63) is 65.7 Å². The van der Waals surface area contributed by atoms with E-state index in [1.165, 1.54) is 69.8 Å². The topological polar surface area (TPSA) is 78.5 Å². The normalized spacial score (nSPS) is 13.3. The first-order valence-corrected chi connectivity index (χ1v) is 16.1. The maximum absolute atomic E-state index is 12.4. The minimum Gasteiger partial charge on any atom is -0.784 e. The molecule has 0 aliphatic rings. The second kappa shape index (κ2) is 17.6. The molecule has 2 aromatic rings. The van der Waals surface area contributed by atoms with Crippen LogP contribution in [0, 0.1) is 0 Å². The lowest BCUT2D eigenvalue weighted by molar-refractivity contribution is -0.903. The van der Waals surface area contributed by atoms with Gasteiger partial charge in [-0.2, -0.15) is 0 Å². The van der Waals surface area contributed by atoms with E-state index in [0.717, 1.165) is 17.6 Å². The number of unbranched alkanes of at least 4 members (excludes halogenated alkanes) is 9. The average molecular weight is 545 g/mol. The molecule has 0 radical (unpaired) electrons. The van der Waals surface area contributed by atoms with Crippen molar-refractivity contribution >= 4 is 18.8 Å². The Kier molecular flexibility index (Phi) is 14.9. The fourth-order valence-electron chi connectivity index (χ4n) is 4.61.